The molecule has 2 bridgehead atoms. The molecular weight excluding hydrogens is 435 g/mol. The van der Waals surface area contributed by atoms with Gasteiger partial charge in [0.2, 0.25) is 5.75 Å². The van der Waals surface area contributed by atoms with Gasteiger partial charge in [0.05, 0.1) is 17.8 Å². The lowest BCUT2D eigenvalue weighted by molar-refractivity contribution is -0.137. The third-order valence-electron chi connectivity index (χ3n) is 7.01. The fourth-order valence-electron chi connectivity index (χ4n) is 5.54. The van der Waals surface area contributed by atoms with E-state index >= 15 is 0 Å². The Balaban J connectivity index is 1.30. The van der Waals surface area contributed by atoms with E-state index in [4.69, 9.17) is 14.2 Å². The Kier molecular flexibility index (Phi) is 5.69. The monoisotopic (exact) mass is 463 g/mol. The van der Waals surface area contributed by atoms with Crippen LogP contribution < -0.4 is 14.2 Å². The van der Waals surface area contributed by atoms with Gasteiger partial charge in [0.15, 0.2) is 11.5 Å². The second-order valence-electron chi connectivity index (χ2n) is 9.17. The van der Waals surface area contributed by atoms with Crippen molar-refractivity contribution in [1.82, 2.24) is 4.90 Å². The van der Waals surface area contributed by atoms with Crippen LogP contribution in [0.25, 0.3) is 0 Å². The van der Waals surface area contributed by atoms with Crippen LogP contribution in [0, 0.1) is 0 Å². The quantitative estimate of drug-likeness (QED) is 0.693. The molecule has 3 aliphatic heterocycles. The van der Waals surface area contributed by atoms with E-state index in [-0.39, 0.29) is 18.2 Å². The first-order valence-corrected chi connectivity index (χ1v) is 11.5. The number of aliphatic hydroxyl groups is 1. The molecule has 0 radical (unpaired) electrons. The first-order chi connectivity index (χ1) is 15.8. The molecule has 2 aromatic carbocycles. The third kappa shape index (κ3) is 4.26. The summed E-state index contributed by atoms with van der Waals surface area (Å²) < 4.78 is 57.5. The summed E-state index contributed by atoms with van der Waals surface area (Å²) in [4.78, 5) is 2.34. The van der Waals surface area contributed by atoms with Crippen LogP contribution in [0.2, 0.25) is 0 Å². The topological polar surface area (TPSA) is 51.2 Å². The van der Waals surface area contributed by atoms with Crippen molar-refractivity contribution in [3.05, 3.63) is 53.6 Å². The Morgan fingerprint density at radius 2 is 1.85 bits per heavy atom. The van der Waals surface area contributed by atoms with E-state index in [1.165, 1.54) is 6.07 Å². The lowest BCUT2D eigenvalue weighted by Gasteiger charge is -2.45. The summed E-state index contributed by atoms with van der Waals surface area (Å²) >= 11 is 0. The zero-order valence-electron chi connectivity index (χ0n) is 18.5. The molecule has 1 N–H and O–H groups in total. The smallest absolute Gasteiger partial charge is 0.416 e. The van der Waals surface area contributed by atoms with E-state index in [0.717, 1.165) is 25.0 Å². The zero-order valence-corrected chi connectivity index (χ0v) is 18.5. The van der Waals surface area contributed by atoms with Crippen molar-refractivity contribution >= 4 is 0 Å². The van der Waals surface area contributed by atoms with Gasteiger partial charge in [-0.05, 0) is 62.4 Å². The minimum Gasteiger partial charge on any atom is -0.490 e. The van der Waals surface area contributed by atoms with E-state index in [1.807, 2.05) is 25.1 Å². The Labute approximate surface area is 191 Å². The van der Waals surface area contributed by atoms with E-state index in [2.05, 4.69) is 4.90 Å². The number of ether oxygens (including phenoxy) is 3. The molecule has 2 aromatic rings. The highest BCUT2D eigenvalue weighted by Crippen LogP contribution is 2.47. The Morgan fingerprint density at radius 3 is 2.55 bits per heavy atom. The summed E-state index contributed by atoms with van der Waals surface area (Å²) in [6.07, 6.45) is -2.01. The maximum absolute atomic E-state index is 13.2. The van der Waals surface area contributed by atoms with Crippen LogP contribution in [0.5, 0.6) is 17.2 Å². The van der Waals surface area contributed by atoms with Crippen LogP contribution in [-0.4, -0.2) is 48.0 Å². The van der Waals surface area contributed by atoms with Gasteiger partial charge < -0.3 is 19.3 Å². The molecule has 0 saturated carbocycles. The number of para-hydroxylation sites is 1. The van der Waals surface area contributed by atoms with E-state index in [0.29, 0.717) is 55.4 Å². The highest BCUT2D eigenvalue weighted by atomic mass is 19.4. The number of rotatable bonds is 5. The summed E-state index contributed by atoms with van der Waals surface area (Å²) in [6.45, 7) is 3.48. The molecule has 178 valence electrons. The van der Waals surface area contributed by atoms with Gasteiger partial charge in [-0.15, -0.1) is 0 Å². The largest absolute Gasteiger partial charge is 0.490 e. The van der Waals surface area contributed by atoms with Crippen LogP contribution in [0.1, 0.15) is 43.7 Å². The second-order valence-corrected chi connectivity index (χ2v) is 9.17. The van der Waals surface area contributed by atoms with Crippen molar-refractivity contribution in [2.24, 2.45) is 0 Å². The fourth-order valence-corrected chi connectivity index (χ4v) is 5.54. The van der Waals surface area contributed by atoms with Gasteiger partial charge in [0, 0.05) is 18.6 Å². The molecule has 2 fully saturated rings. The number of halogens is 3. The van der Waals surface area contributed by atoms with Crippen molar-refractivity contribution in [2.45, 2.75) is 62.6 Å². The van der Waals surface area contributed by atoms with Gasteiger partial charge in [-0.2, -0.15) is 13.2 Å². The molecule has 3 heterocycles. The zero-order chi connectivity index (χ0) is 23.2. The third-order valence-corrected chi connectivity index (χ3v) is 7.01. The predicted octanol–water partition coefficient (Wildman–Crippen LogP) is 4.76. The number of hydrogen-bond donors (Lipinski definition) is 1. The van der Waals surface area contributed by atoms with Crippen LogP contribution >= 0.6 is 0 Å². The first-order valence-electron chi connectivity index (χ1n) is 11.5. The minimum atomic E-state index is -4.43. The van der Waals surface area contributed by atoms with Gasteiger partial charge >= 0.3 is 6.18 Å². The van der Waals surface area contributed by atoms with Crippen LogP contribution in [0.15, 0.2) is 42.5 Å². The lowest BCUT2D eigenvalue weighted by Crippen LogP contribution is -2.53. The highest BCUT2D eigenvalue weighted by molar-refractivity contribution is 5.52. The molecular formula is C25H28F3NO4. The standard InChI is InChI=1S/C25H28F3NO4/c1-2-31-21-7-4-8-22-23(21)33-20(15-32-22)14-29-18-9-10-19(29)13-24(30,12-18)16-5-3-6-17(11-16)25(26,27)28/h3-8,11,18-20,30H,2,9-10,12-15H2,1H3/t18?,19?,20-,24?/m0/s1. The molecule has 8 heteroatoms. The molecule has 3 aliphatic rings. The van der Waals surface area contributed by atoms with Crippen LogP contribution in [-0.2, 0) is 11.8 Å². The normalized spacial score (nSPS) is 29.2. The Bertz CT molecular complexity index is 997. The first kappa shape index (κ1) is 22.3. The molecule has 0 amide bonds. The fraction of sp³-hybridized carbons (Fsp3) is 0.520. The average molecular weight is 463 g/mol. The highest BCUT2D eigenvalue weighted by Gasteiger charge is 2.49. The molecule has 5 rings (SSSR count). The summed E-state index contributed by atoms with van der Waals surface area (Å²) in [5.41, 5.74) is -1.64. The van der Waals surface area contributed by atoms with Crippen molar-refractivity contribution < 1.29 is 32.5 Å². The Hall–Kier alpha value is -2.45. The van der Waals surface area contributed by atoms with Crippen molar-refractivity contribution in [2.75, 3.05) is 19.8 Å². The minimum absolute atomic E-state index is 0.0791. The maximum atomic E-state index is 13.2. The second kappa shape index (κ2) is 8.40. The van der Waals surface area contributed by atoms with Crippen molar-refractivity contribution in [3.8, 4) is 17.2 Å². The molecule has 0 aliphatic carbocycles. The molecule has 3 atom stereocenters. The number of fused-ring (bicyclic) bond motifs is 3. The maximum Gasteiger partial charge on any atom is 0.416 e. The van der Waals surface area contributed by atoms with Gasteiger partial charge in [0.1, 0.15) is 12.7 Å². The Morgan fingerprint density at radius 1 is 1.12 bits per heavy atom. The van der Waals surface area contributed by atoms with Gasteiger partial charge in [0.25, 0.3) is 0 Å². The number of nitrogens with zero attached hydrogens (tertiary/aromatic N) is 1. The number of benzene rings is 2. The molecule has 0 aromatic heterocycles. The van der Waals surface area contributed by atoms with Crippen LogP contribution in [0.4, 0.5) is 13.2 Å². The summed E-state index contributed by atoms with van der Waals surface area (Å²) in [5.74, 6) is 1.93. The summed E-state index contributed by atoms with van der Waals surface area (Å²) in [6, 6.07) is 10.9. The van der Waals surface area contributed by atoms with Crippen molar-refractivity contribution in [3.63, 3.8) is 0 Å². The number of alkyl halides is 3. The molecule has 5 nitrogen and oxygen atoms in total. The summed E-state index contributed by atoms with van der Waals surface area (Å²) in [7, 11) is 0. The van der Waals surface area contributed by atoms with Crippen molar-refractivity contribution in [1.29, 1.82) is 0 Å². The van der Waals surface area contributed by atoms with E-state index < -0.39 is 17.3 Å². The van der Waals surface area contributed by atoms with Gasteiger partial charge in [-0.1, -0.05) is 18.2 Å². The molecule has 33 heavy (non-hydrogen) atoms. The average Bonchev–Trinajstić information content (AvgIpc) is 3.03. The van der Waals surface area contributed by atoms with Gasteiger partial charge in [-0.3, -0.25) is 4.90 Å². The SMILES string of the molecule is CCOc1cccc2c1O[C@@H](CN1C3CCC1CC(O)(c1cccc(C(F)(F)F)c1)C3)CO2. The molecule has 0 spiro atoms. The van der Waals surface area contributed by atoms with E-state index in [9.17, 15) is 18.3 Å². The predicted molar refractivity (Wildman–Crippen MR) is 116 cm³/mol. The number of piperidine rings is 1. The van der Waals surface area contributed by atoms with E-state index in [1.54, 1.807) is 6.07 Å². The summed E-state index contributed by atoms with van der Waals surface area (Å²) in [5, 5.41) is 11.4. The molecule has 2 unspecified atom stereocenters. The van der Waals surface area contributed by atoms with Crippen LogP contribution in [0.3, 0.4) is 0 Å². The van der Waals surface area contributed by atoms with Gasteiger partial charge in [-0.25, -0.2) is 0 Å². The lowest BCUT2D eigenvalue weighted by atomic mass is 9.80. The molecule has 2 saturated heterocycles. The number of hydrogen-bond acceptors (Lipinski definition) is 5.